The largest absolute Gasteiger partial charge is 0.416 e. The van der Waals surface area contributed by atoms with Gasteiger partial charge in [-0.3, -0.25) is 4.79 Å². The first kappa shape index (κ1) is 26.0. The highest BCUT2D eigenvalue weighted by molar-refractivity contribution is 7.89. The maximum absolute atomic E-state index is 13.3. The number of nitrogens with one attached hydrogen (secondary N) is 1. The number of alkyl halides is 3. The highest BCUT2D eigenvalue weighted by Gasteiger charge is 2.31. The molecule has 1 heterocycles. The second kappa shape index (κ2) is 10.1. The van der Waals surface area contributed by atoms with E-state index in [2.05, 4.69) is 5.32 Å². The summed E-state index contributed by atoms with van der Waals surface area (Å²) in [7, 11) is -3.90. The van der Waals surface area contributed by atoms with E-state index in [-0.39, 0.29) is 29.2 Å². The quantitative estimate of drug-likeness (QED) is 0.471. The van der Waals surface area contributed by atoms with Crippen LogP contribution in [0.1, 0.15) is 21.5 Å². The third kappa shape index (κ3) is 5.66. The number of anilines is 2. The molecular formula is C25H23ClF3N3O3S. The number of halogens is 4. The predicted molar refractivity (Wildman–Crippen MR) is 133 cm³/mol. The monoisotopic (exact) mass is 537 g/mol. The first-order valence-corrected chi connectivity index (χ1v) is 12.9. The summed E-state index contributed by atoms with van der Waals surface area (Å²) in [6.45, 7) is 3.05. The van der Waals surface area contributed by atoms with Crippen LogP contribution in [0.2, 0.25) is 5.02 Å². The Hall–Kier alpha value is -3.08. The van der Waals surface area contributed by atoms with E-state index in [1.54, 1.807) is 13.0 Å². The Labute approximate surface area is 212 Å². The lowest BCUT2D eigenvalue weighted by atomic mass is 10.1. The number of hydrogen-bond donors (Lipinski definition) is 1. The molecule has 1 saturated heterocycles. The number of aryl methyl sites for hydroxylation is 1. The van der Waals surface area contributed by atoms with Crippen molar-refractivity contribution >= 4 is 38.9 Å². The molecule has 1 fully saturated rings. The van der Waals surface area contributed by atoms with Gasteiger partial charge < -0.3 is 10.2 Å². The summed E-state index contributed by atoms with van der Waals surface area (Å²) in [6.07, 6.45) is -4.55. The van der Waals surface area contributed by atoms with Crippen molar-refractivity contribution in [1.82, 2.24) is 4.31 Å². The first-order valence-electron chi connectivity index (χ1n) is 11.0. The molecular weight excluding hydrogens is 515 g/mol. The molecule has 1 N–H and O–H groups in total. The molecule has 36 heavy (non-hydrogen) atoms. The van der Waals surface area contributed by atoms with E-state index in [4.69, 9.17) is 11.6 Å². The maximum Gasteiger partial charge on any atom is 0.416 e. The molecule has 0 radical (unpaired) electrons. The maximum atomic E-state index is 13.3. The molecule has 1 aliphatic heterocycles. The van der Waals surface area contributed by atoms with Gasteiger partial charge in [0.1, 0.15) is 0 Å². The van der Waals surface area contributed by atoms with Crippen molar-refractivity contribution in [3.05, 3.63) is 88.4 Å². The Balaban J connectivity index is 1.51. The Morgan fingerprint density at radius 1 is 0.944 bits per heavy atom. The summed E-state index contributed by atoms with van der Waals surface area (Å²) < 4.78 is 67.0. The molecule has 1 aliphatic rings. The van der Waals surface area contributed by atoms with Crippen molar-refractivity contribution in [3.63, 3.8) is 0 Å². The molecule has 3 aromatic carbocycles. The second-order valence-corrected chi connectivity index (χ2v) is 10.8. The summed E-state index contributed by atoms with van der Waals surface area (Å²) in [6, 6.07) is 15.8. The number of nitrogens with zero attached hydrogens (tertiary/aromatic N) is 2. The van der Waals surface area contributed by atoms with E-state index >= 15 is 0 Å². The van der Waals surface area contributed by atoms with Crippen LogP contribution in [0, 0.1) is 6.92 Å². The summed E-state index contributed by atoms with van der Waals surface area (Å²) >= 11 is 6.06. The highest BCUT2D eigenvalue weighted by Crippen LogP contribution is 2.31. The van der Waals surface area contributed by atoms with Gasteiger partial charge in [-0.15, -0.1) is 0 Å². The zero-order valence-corrected chi connectivity index (χ0v) is 20.8. The zero-order chi connectivity index (χ0) is 26.1. The van der Waals surface area contributed by atoms with E-state index in [1.165, 1.54) is 34.6 Å². The molecule has 190 valence electrons. The SMILES string of the molecule is Cc1ccc(S(=O)(=O)N2CCN(c3cccc(Cl)c3)CC2)cc1C(=O)Nc1cccc(C(F)(F)F)c1. The number of benzene rings is 3. The molecule has 11 heteroatoms. The van der Waals surface area contributed by atoms with Crippen molar-refractivity contribution < 1.29 is 26.4 Å². The smallest absolute Gasteiger partial charge is 0.369 e. The molecule has 0 atom stereocenters. The van der Waals surface area contributed by atoms with Crippen LogP contribution in [0.5, 0.6) is 0 Å². The van der Waals surface area contributed by atoms with Gasteiger partial charge >= 0.3 is 6.18 Å². The summed E-state index contributed by atoms with van der Waals surface area (Å²) in [5, 5.41) is 3.03. The number of rotatable bonds is 5. The van der Waals surface area contributed by atoms with Crippen molar-refractivity contribution in [1.29, 1.82) is 0 Å². The normalized spacial score (nSPS) is 15.1. The molecule has 1 amide bonds. The number of sulfonamides is 1. The van der Waals surface area contributed by atoms with E-state index < -0.39 is 27.7 Å². The number of carbonyl (C=O) groups is 1. The number of carbonyl (C=O) groups excluding carboxylic acids is 1. The van der Waals surface area contributed by atoms with Crippen LogP contribution in [0.25, 0.3) is 0 Å². The Bertz CT molecular complexity index is 1390. The fourth-order valence-corrected chi connectivity index (χ4v) is 5.62. The van der Waals surface area contributed by atoms with Crippen LogP contribution in [0.4, 0.5) is 24.5 Å². The summed E-state index contributed by atoms with van der Waals surface area (Å²) in [5.74, 6) is -0.699. The summed E-state index contributed by atoms with van der Waals surface area (Å²) in [5.41, 5.74) is 0.517. The van der Waals surface area contributed by atoms with Gasteiger partial charge in [-0.2, -0.15) is 17.5 Å². The van der Waals surface area contributed by atoms with E-state index in [0.29, 0.717) is 23.7 Å². The number of hydrogen-bond acceptors (Lipinski definition) is 4. The lowest BCUT2D eigenvalue weighted by Gasteiger charge is -2.35. The van der Waals surface area contributed by atoms with Gasteiger partial charge in [-0.05, 0) is 61.0 Å². The molecule has 3 aromatic rings. The van der Waals surface area contributed by atoms with Crippen LogP contribution in [0.3, 0.4) is 0 Å². The third-order valence-electron chi connectivity index (χ3n) is 5.95. The molecule has 4 rings (SSSR count). The molecule has 0 spiro atoms. The molecule has 0 aromatic heterocycles. The topological polar surface area (TPSA) is 69.7 Å². The summed E-state index contributed by atoms with van der Waals surface area (Å²) in [4.78, 5) is 14.8. The molecule has 0 bridgehead atoms. The van der Waals surface area contributed by atoms with E-state index in [9.17, 15) is 26.4 Å². The lowest BCUT2D eigenvalue weighted by Crippen LogP contribution is -2.48. The van der Waals surface area contributed by atoms with Crippen molar-refractivity contribution in [3.8, 4) is 0 Å². The molecule has 0 unspecified atom stereocenters. The minimum atomic E-state index is -4.55. The van der Waals surface area contributed by atoms with Crippen LogP contribution >= 0.6 is 11.6 Å². The number of piperazine rings is 1. The van der Waals surface area contributed by atoms with Gasteiger partial charge in [0.05, 0.1) is 10.5 Å². The minimum Gasteiger partial charge on any atom is -0.369 e. The van der Waals surface area contributed by atoms with Gasteiger partial charge in [-0.25, -0.2) is 8.42 Å². The zero-order valence-electron chi connectivity index (χ0n) is 19.2. The fraction of sp³-hybridized carbons (Fsp3) is 0.240. The van der Waals surface area contributed by atoms with Crippen molar-refractivity contribution in [2.75, 3.05) is 36.4 Å². The third-order valence-corrected chi connectivity index (χ3v) is 8.08. The number of amides is 1. The van der Waals surface area contributed by atoms with Crippen LogP contribution in [-0.4, -0.2) is 44.8 Å². The van der Waals surface area contributed by atoms with Crippen LogP contribution < -0.4 is 10.2 Å². The van der Waals surface area contributed by atoms with Gasteiger partial charge in [0.15, 0.2) is 0 Å². The van der Waals surface area contributed by atoms with E-state index in [1.807, 2.05) is 23.1 Å². The standard InChI is InChI=1S/C25H23ClF3N3O3S/c1-17-8-9-22(16-23(17)24(33)30-20-6-2-4-18(14-20)25(27,28)29)36(34,35)32-12-10-31(11-13-32)21-7-3-5-19(26)15-21/h2-9,14-16H,10-13H2,1H3,(H,30,33). The molecule has 6 nitrogen and oxygen atoms in total. The first-order chi connectivity index (χ1) is 16.9. The van der Waals surface area contributed by atoms with Crippen molar-refractivity contribution in [2.24, 2.45) is 0 Å². The van der Waals surface area contributed by atoms with Crippen LogP contribution in [-0.2, 0) is 16.2 Å². The molecule has 0 aliphatic carbocycles. The van der Waals surface area contributed by atoms with Gasteiger partial charge in [0, 0.05) is 48.1 Å². The van der Waals surface area contributed by atoms with Gasteiger partial charge in [0.25, 0.3) is 5.91 Å². The Morgan fingerprint density at radius 2 is 1.64 bits per heavy atom. The predicted octanol–water partition coefficient (Wildman–Crippen LogP) is 5.43. The Kier molecular flexibility index (Phi) is 7.31. The lowest BCUT2D eigenvalue weighted by molar-refractivity contribution is -0.137. The molecule has 0 saturated carbocycles. The second-order valence-electron chi connectivity index (χ2n) is 8.38. The van der Waals surface area contributed by atoms with E-state index in [0.717, 1.165) is 17.8 Å². The fourth-order valence-electron chi connectivity index (χ4n) is 3.99. The van der Waals surface area contributed by atoms with Gasteiger partial charge in [-0.1, -0.05) is 29.8 Å². The van der Waals surface area contributed by atoms with Crippen molar-refractivity contribution in [2.45, 2.75) is 18.0 Å². The average Bonchev–Trinajstić information content (AvgIpc) is 2.84. The minimum absolute atomic E-state index is 0.0420. The Morgan fingerprint density at radius 3 is 2.31 bits per heavy atom. The average molecular weight is 538 g/mol. The van der Waals surface area contributed by atoms with Gasteiger partial charge in [0.2, 0.25) is 10.0 Å². The van der Waals surface area contributed by atoms with Crippen LogP contribution in [0.15, 0.2) is 71.6 Å². The highest BCUT2D eigenvalue weighted by atomic mass is 35.5.